The second-order valence-corrected chi connectivity index (χ2v) is 4.65. The lowest BCUT2D eigenvalue weighted by Crippen LogP contribution is -2.29. The molecule has 0 aliphatic heterocycles. The van der Waals surface area contributed by atoms with E-state index in [0.717, 1.165) is 0 Å². The van der Waals surface area contributed by atoms with Crippen LogP contribution in [0.4, 0.5) is 0 Å². The van der Waals surface area contributed by atoms with Gasteiger partial charge < -0.3 is 14.6 Å². The molecule has 90 valence electrons. The molecule has 0 saturated heterocycles. The average molecular weight is 218 g/mol. The Bertz CT molecular complexity index is 184. The van der Waals surface area contributed by atoms with Crippen LogP contribution in [0.15, 0.2) is 0 Å². The number of methoxy groups -OCH3 is 1. The van der Waals surface area contributed by atoms with Crippen molar-refractivity contribution in [2.75, 3.05) is 26.9 Å². The number of carbonyl (C=O) groups is 1. The van der Waals surface area contributed by atoms with E-state index >= 15 is 0 Å². The molecule has 0 rings (SSSR count). The van der Waals surface area contributed by atoms with Gasteiger partial charge in [-0.2, -0.15) is 0 Å². The Labute approximate surface area is 91.6 Å². The molecule has 0 radical (unpaired) electrons. The van der Waals surface area contributed by atoms with Crippen LogP contribution in [-0.4, -0.2) is 38.0 Å². The lowest BCUT2D eigenvalue weighted by Gasteiger charge is -2.26. The first-order chi connectivity index (χ1) is 6.89. The van der Waals surface area contributed by atoms with Crippen molar-refractivity contribution in [3.63, 3.8) is 0 Å². The van der Waals surface area contributed by atoms with Crippen LogP contribution in [0.1, 0.15) is 27.2 Å². The zero-order chi connectivity index (χ0) is 11.9. The third kappa shape index (κ3) is 6.47. The molecule has 0 aromatic carbocycles. The fourth-order valence-electron chi connectivity index (χ4n) is 1.37. The van der Waals surface area contributed by atoms with Gasteiger partial charge in [0.05, 0.1) is 19.1 Å². The minimum atomic E-state index is -0.752. The topological polar surface area (TPSA) is 55.8 Å². The van der Waals surface area contributed by atoms with E-state index in [2.05, 4.69) is 0 Å². The summed E-state index contributed by atoms with van der Waals surface area (Å²) in [6.07, 6.45) is 0.544. The van der Waals surface area contributed by atoms with E-state index in [-0.39, 0.29) is 11.3 Å². The molecule has 0 aliphatic rings. The Hall–Kier alpha value is -0.610. The van der Waals surface area contributed by atoms with Crippen LogP contribution in [0.3, 0.4) is 0 Å². The van der Waals surface area contributed by atoms with Gasteiger partial charge in [0.25, 0.3) is 0 Å². The molecular formula is C11H22O4. The van der Waals surface area contributed by atoms with E-state index in [9.17, 15) is 4.79 Å². The van der Waals surface area contributed by atoms with Gasteiger partial charge >= 0.3 is 5.97 Å². The van der Waals surface area contributed by atoms with Crippen LogP contribution >= 0.6 is 0 Å². The van der Waals surface area contributed by atoms with E-state index in [0.29, 0.717) is 26.2 Å². The molecule has 1 atom stereocenters. The van der Waals surface area contributed by atoms with Gasteiger partial charge in [-0.15, -0.1) is 0 Å². The molecule has 0 saturated carbocycles. The summed E-state index contributed by atoms with van der Waals surface area (Å²) in [6, 6.07) is 0. The number of carboxylic acids is 1. The maximum absolute atomic E-state index is 11.0. The first-order valence-electron chi connectivity index (χ1n) is 5.19. The fraction of sp³-hybridized carbons (Fsp3) is 0.909. The highest BCUT2D eigenvalue weighted by molar-refractivity contribution is 5.70. The molecule has 0 aromatic rings. The summed E-state index contributed by atoms with van der Waals surface area (Å²) in [6.45, 7) is 7.33. The van der Waals surface area contributed by atoms with Gasteiger partial charge in [-0.1, -0.05) is 20.8 Å². The summed E-state index contributed by atoms with van der Waals surface area (Å²) in [5.74, 6) is -1.11. The van der Waals surface area contributed by atoms with Crippen molar-refractivity contribution in [2.45, 2.75) is 27.2 Å². The van der Waals surface area contributed by atoms with Gasteiger partial charge in [0.1, 0.15) is 0 Å². The normalized spacial score (nSPS) is 13.9. The SMILES string of the molecule is COCCOCCC(C(=O)O)C(C)(C)C. The molecule has 0 amide bonds. The van der Waals surface area contributed by atoms with Gasteiger partial charge in [-0.3, -0.25) is 4.79 Å². The Morgan fingerprint density at radius 3 is 2.27 bits per heavy atom. The maximum Gasteiger partial charge on any atom is 0.307 e. The maximum atomic E-state index is 11.0. The monoisotopic (exact) mass is 218 g/mol. The molecule has 0 aromatic heterocycles. The van der Waals surface area contributed by atoms with E-state index in [1.165, 1.54) is 0 Å². The first kappa shape index (κ1) is 14.4. The Balaban J connectivity index is 3.84. The van der Waals surface area contributed by atoms with E-state index in [1.807, 2.05) is 20.8 Å². The molecule has 1 unspecified atom stereocenters. The number of aliphatic carboxylic acids is 1. The number of rotatable bonds is 7. The van der Waals surface area contributed by atoms with Gasteiger partial charge in [0.2, 0.25) is 0 Å². The van der Waals surface area contributed by atoms with Crippen molar-refractivity contribution >= 4 is 5.97 Å². The average Bonchev–Trinajstić information content (AvgIpc) is 2.08. The summed E-state index contributed by atoms with van der Waals surface area (Å²) in [5, 5.41) is 9.03. The smallest absolute Gasteiger partial charge is 0.307 e. The van der Waals surface area contributed by atoms with Gasteiger partial charge in [0, 0.05) is 13.7 Å². The summed E-state index contributed by atoms with van der Waals surface area (Å²) >= 11 is 0. The summed E-state index contributed by atoms with van der Waals surface area (Å²) in [7, 11) is 1.61. The number of carboxylic acid groups (broad SMARTS) is 1. The molecule has 0 heterocycles. The van der Waals surface area contributed by atoms with Crippen molar-refractivity contribution in [1.82, 2.24) is 0 Å². The second kappa shape index (κ2) is 6.80. The molecule has 0 bridgehead atoms. The molecule has 4 nitrogen and oxygen atoms in total. The highest BCUT2D eigenvalue weighted by Gasteiger charge is 2.30. The third-order valence-corrected chi connectivity index (χ3v) is 2.33. The molecule has 0 fully saturated rings. The predicted octanol–water partition coefficient (Wildman–Crippen LogP) is 1.79. The molecule has 1 N–H and O–H groups in total. The lowest BCUT2D eigenvalue weighted by molar-refractivity contribution is -0.146. The molecule has 4 heteroatoms. The summed E-state index contributed by atoms with van der Waals surface area (Å²) in [5.41, 5.74) is -0.226. The molecule has 15 heavy (non-hydrogen) atoms. The zero-order valence-electron chi connectivity index (χ0n) is 10.1. The predicted molar refractivity (Wildman–Crippen MR) is 57.9 cm³/mol. The van der Waals surface area contributed by atoms with Crippen LogP contribution in [0.5, 0.6) is 0 Å². The van der Waals surface area contributed by atoms with E-state index < -0.39 is 5.97 Å². The van der Waals surface area contributed by atoms with E-state index in [1.54, 1.807) is 7.11 Å². The van der Waals surface area contributed by atoms with Crippen LogP contribution in [0, 0.1) is 11.3 Å². The Morgan fingerprint density at radius 2 is 1.87 bits per heavy atom. The zero-order valence-corrected chi connectivity index (χ0v) is 10.1. The highest BCUT2D eigenvalue weighted by atomic mass is 16.5. The highest BCUT2D eigenvalue weighted by Crippen LogP contribution is 2.28. The lowest BCUT2D eigenvalue weighted by atomic mass is 9.79. The second-order valence-electron chi connectivity index (χ2n) is 4.65. The minimum Gasteiger partial charge on any atom is -0.481 e. The van der Waals surface area contributed by atoms with Gasteiger partial charge in [-0.05, 0) is 11.8 Å². The number of hydrogen-bond donors (Lipinski definition) is 1. The molecular weight excluding hydrogens is 196 g/mol. The van der Waals surface area contributed by atoms with Crippen molar-refractivity contribution in [2.24, 2.45) is 11.3 Å². The summed E-state index contributed by atoms with van der Waals surface area (Å²) < 4.78 is 10.1. The van der Waals surface area contributed by atoms with Gasteiger partial charge in [0.15, 0.2) is 0 Å². The van der Waals surface area contributed by atoms with Crippen LogP contribution < -0.4 is 0 Å². The fourth-order valence-corrected chi connectivity index (χ4v) is 1.37. The van der Waals surface area contributed by atoms with Crippen molar-refractivity contribution < 1.29 is 19.4 Å². The quantitative estimate of drug-likeness (QED) is 0.662. The Morgan fingerprint density at radius 1 is 1.27 bits per heavy atom. The van der Waals surface area contributed by atoms with Gasteiger partial charge in [-0.25, -0.2) is 0 Å². The minimum absolute atomic E-state index is 0.226. The van der Waals surface area contributed by atoms with Crippen molar-refractivity contribution in [3.05, 3.63) is 0 Å². The number of hydrogen-bond acceptors (Lipinski definition) is 3. The van der Waals surface area contributed by atoms with Crippen LogP contribution in [0.25, 0.3) is 0 Å². The third-order valence-electron chi connectivity index (χ3n) is 2.33. The standard InChI is InChI=1S/C11H22O4/c1-11(2,3)9(10(12)13)5-6-15-8-7-14-4/h9H,5-8H2,1-4H3,(H,12,13). The largest absolute Gasteiger partial charge is 0.481 e. The molecule has 0 aliphatic carbocycles. The molecule has 0 spiro atoms. The summed E-state index contributed by atoms with van der Waals surface area (Å²) in [4.78, 5) is 11.0. The van der Waals surface area contributed by atoms with Crippen molar-refractivity contribution in [1.29, 1.82) is 0 Å². The Kier molecular flexibility index (Phi) is 6.52. The van der Waals surface area contributed by atoms with Crippen LogP contribution in [0.2, 0.25) is 0 Å². The first-order valence-corrected chi connectivity index (χ1v) is 5.19. The van der Waals surface area contributed by atoms with Crippen molar-refractivity contribution in [3.8, 4) is 0 Å². The number of ether oxygens (including phenoxy) is 2. The van der Waals surface area contributed by atoms with Crippen LogP contribution in [-0.2, 0) is 14.3 Å². The van der Waals surface area contributed by atoms with E-state index in [4.69, 9.17) is 14.6 Å².